The normalized spacial score (nSPS) is 18.0. The molecule has 1 unspecified atom stereocenters. The molecule has 1 aromatic heterocycles. The van der Waals surface area contributed by atoms with Crippen LogP contribution in [-0.2, 0) is 25.0 Å². The van der Waals surface area contributed by atoms with Crippen molar-refractivity contribution in [3.8, 4) is 0 Å². The van der Waals surface area contributed by atoms with Crippen molar-refractivity contribution in [1.82, 2.24) is 10.3 Å². The number of rotatable bonds is 7. The highest BCUT2D eigenvalue weighted by Gasteiger charge is 2.42. The highest BCUT2D eigenvalue weighted by molar-refractivity contribution is 7.92. The minimum Gasteiger partial charge on any atom is -0.322 e. The predicted octanol–water partition coefficient (Wildman–Crippen LogP) is 3.22. The standard InChI is InChI=1S/C25H24N4O5S/c1-2-25(14-11-22(30)28-24(25)32)18-5-7-19(8-6-18)27-23(31)17-3-9-21(10-4-17)35(33,34)29-20-12-15-26-16-13-20/h3-10,12-13,15-16H,2,11,14H2,1H3,(H,26,29)(H,27,31)(H,28,30,32). The molecule has 35 heavy (non-hydrogen) atoms. The molecule has 180 valence electrons. The minimum absolute atomic E-state index is 0.0179. The fourth-order valence-electron chi connectivity index (χ4n) is 4.06. The molecule has 10 heteroatoms. The Hall–Kier alpha value is -4.05. The SMILES string of the molecule is CCC1(c2ccc(NC(=O)c3ccc(S(=O)(=O)Nc4ccncc4)cc3)cc2)CCC(=O)NC1=O. The maximum atomic E-state index is 12.7. The molecule has 0 saturated carbocycles. The second-order valence-corrected chi connectivity index (χ2v) is 9.89. The molecule has 1 aliphatic rings. The van der Waals surface area contributed by atoms with E-state index in [0.717, 1.165) is 5.56 Å². The highest BCUT2D eigenvalue weighted by Crippen LogP contribution is 2.36. The zero-order valence-electron chi connectivity index (χ0n) is 18.9. The lowest BCUT2D eigenvalue weighted by Gasteiger charge is -2.35. The van der Waals surface area contributed by atoms with E-state index >= 15 is 0 Å². The fourth-order valence-corrected chi connectivity index (χ4v) is 5.12. The Morgan fingerprint density at radius 2 is 1.63 bits per heavy atom. The van der Waals surface area contributed by atoms with E-state index in [4.69, 9.17) is 0 Å². The summed E-state index contributed by atoms with van der Waals surface area (Å²) in [5.41, 5.74) is 1.19. The first-order valence-corrected chi connectivity index (χ1v) is 12.5. The molecule has 1 saturated heterocycles. The minimum atomic E-state index is -3.81. The largest absolute Gasteiger partial charge is 0.322 e. The van der Waals surface area contributed by atoms with Crippen molar-refractivity contribution >= 4 is 39.1 Å². The lowest BCUT2D eigenvalue weighted by atomic mass is 9.72. The van der Waals surface area contributed by atoms with Gasteiger partial charge in [0.2, 0.25) is 11.8 Å². The highest BCUT2D eigenvalue weighted by atomic mass is 32.2. The van der Waals surface area contributed by atoms with Gasteiger partial charge in [-0.1, -0.05) is 19.1 Å². The third-order valence-corrected chi connectivity index (χ3v) is 7.52. The molecule has 2 heterocycles. The molecular formula is C25H24N4O5S. The van der Waals surface area contributed by atoms with Crippen LogP contribution in [-0.4, -0.2) is 31.1 Å². The number of hydrogen-bond acceptors (Lipinski definition) is 6. The van der Waals surface area contributed by atoms with Crippen LogP contribution in [0.5, 0.6) is 0 Å². The molecule has 9 nitrogen and oxygen atoms in total. The van der Waals surface area contributed by atoms with Crippen LogP contribution < -0.4 is 15.4 Å². The smallest absolute Gasteiger partial charge is 0.261 e. The van der Waals surface area contributed by atoms with Crippen molar-refractivity contribution in [1.29, 1.82) is 0 Å². The number of piperidine rings is 1. The van der Waals surface area contributed by atoms with Crippen molar-refractivity contribution in [2.24, 2.45) is 0 Å². The van der Waals surface area contributed by atoms with Gasteiger partial charge in [0, 0.05) is 30.1 Å². The first-order valence-electron chi connectivity index (χ1n) is 11.0. The number of aromatic nitrogens is 1. The third-order valence-electron chi connectivity index (χ3n) is 6.12. The zero-order chi connectivity index (χ0) is 25.1. The Kier molecular flexibility index (Phi) is 6.65. The van der Waals surface area contributed by atoms with Gasteiger partial charge in [-0.05, 0) is 66.9 Å². The van der Waals surface area contributed by atoms with Gasteiger partial charge in [-0.3, -0.25) is 29.4 Å². The van der Waals surface area contributed by atoms with Gasteiger partial charge in [0.05, 0.1) is 16.0 Å². The Balaban J connectivity index is 1.44. The molecule has 0 radical (unpaired) electrons. The summed E-state index contributed by atoms with van der Waals surface area (Å²) in [6.07, 6.45) is 4.21. The maximum absolute atomic E-state index is 12.7. The van der Waals surface area contributed by atoms with Gasteiger partial charge in [-0.25, -0.2) is 8.42 Å². The maximum Gasteiger partial charge on any atom is 0.261 e. The molecule has 0 spiro atoms. The van der Waals surface area contributed by atoms with Gasteiger partial charge >= 0.3 is 0 Å². The lowest BCUT2D eigenvalue weighted by Crippen LogP contribution is -2.51. The van der Waals surface area contributed by atoms with Crippen LogP contribution >= 0.6 is 0 Å². The first-order chi connectivity index (χ1) is 16.7. The summed E-state index contributed by atoms with van der Waals surface area (Å²) >= 11 is 0. The van der Waals surface area contributed by atoms with Crippen LogP contribution in [0.1, 0.15) is 42.1 Å². The van der Waals surface area contributed by atoms with Crippen LogP contribution in [0.25, 0.3) is 0 Å². The number of carbonyl (C=O) groups excluding carboxylic acids is 3. The second-order valence-electron chi connectivity index (χ2n) is 8.21. The van der Waals surface area contributed by atoms with E-state index in [1.807, 2.05) is 6.92 Å². The van der Waals surface area contributed by atoms with Crippen LogP contribution in [0.3, 0.4) is 0 Å². The number of nitrogens with zero attached hydrogens (tertiary/aromatic N) is 1. The summed E-state index contributed by atoms with van der Waals surface area (Å²) in [4.78, 5) is 40.7. The summed E-state index contributed by atoms with van der Waals surface area (Å²) in [6.45, 7) is 1.90. The number of hydrogen-bond donors (Lipinski definition) is 3. The second kappa shape index (κ2) is 9.67. The lowest BCUT2D eigenvalue weighted by molar-refractivity contribution is -0.138. The molecule has 1 aliphatic heterocycles. The molecule has 4 rings (SSSR count). The molecule has 2 aromatic carbocycles. The summed E-state index contributed by atoms with van der Waals surface area (Å²) in [5.74, 6) is -0.980. The number of imide groups is 1. The molecule has 1 atom stereocenters. The van der Waals surface area contributed by atoms with Crippen LogP contribution in [0.15, 0.2) is 78.0 Å². The van der Waals surface area contributed by atoms with E-state index in [9.17, 15) is 22.8 Å². The number of benzene rings is 2. The van der Waals surface area contributed by atoms with Gasteiger partial charge in [0.25, 0.3) is 15.9 Å². The molecule has 1 fully saturated rings. The van der Waals surface area contributed by atoms with Crippen LogP contribution in [0.4, 0.5) is 11.4 Å². The van der Waals surface area contributed by atoms with E-state index < -0.39 is 21.3 Å². The van der Waals surface area contributed by atoms with E-state index in [0.29, 0.717) is 24.2 Å². The summed E-state index contributed by atoms with van der Waals surface area (Å²) < 4.78 is 27.6. The zero-order valence-corrected chi connectivity index (χ0v) is 19.8. The first kappa shape index (κ1) is 24.1. The van der Waals surface area contributed by atoms with E-state index in [-0.39, 0.29) is 28.7 Å². The average Bonchev–Trinajstić information content (AvgIpc) is 2.85. The van der Waals surface area contributed by atoms with Crippen molar-refractivity contribution in [2.45, 2.75) is 36.5 Å². The number of amides is 3. The molecule has 3 amide bonds. The van der Waals surface area contributed by atoms with Gasteiger partial charge in [0.1, 0.15) is 0 Å². The summed E-state index contributed by atoms with van der Waals surface area (Å²) in [6, 6.07) is 15.6. The van der Waals surface area contributed by atoms with E-state index in [1.54, 1.807) is 24.3 Å². The molecular weight excluding hydrogens is 468 g/mol. The Bertz CT molecular complexity index is 1360. The number of anilines is 2. The Morgan fingerprint density at radius 3 is 2.23 bits per heavy atom. The van der Waals surface area contributed by atoms with Crippen LogP contribution in [0.2, 0.25) is 0 Å². The topological polar surface area (TPSA) is 134 Å². The van der Waals surface area contributed by atoms with E-state index in [1.165, 1.54) is 48.8 Å². The summed E-state index contributed by atoms with van der Waals surface area (Å²) in [7, 11) is -3.81. The molecule has 0 aliphatic carbocycles. The number of sulfonamides is 1. The van der Waals surface area contributed by atoms with Crippen molar-refractivity contribution in [3.05, 3.63) is 84.2 Å². The monoisotopic (exact) mass is 492 g/mol. The third kappa shape index (κ3) is 5.07. The van der Waals surface area contributed by atoms with Gasteiger partial charge < -0.3 is 5.32 Å². The van der Waals surface area contributed by atoms with Crippen LogP contribution in [0, 0.1) is 0 Å². The molecule has 0 bridgehead atoms. The van der Waals surface area contributed by atoms with Crippen molar-refractivity contribution in [2.75, 3.05) is 10.0 Å². The Labute approximate surface area is 203 Å². The molecule has 3 aromatic rings. The number of nitrogens with one attached hydrogen (secondary N) is 3. The van der Waals surface area contributed by atoms with Gasteiger partial charge in [-0.2, -0.15) is 0 Å². The quantitative estimate of drug-likeness (QED) is 0.434. The average molecular weight is 493 g/mol. The number of carbonyl (C=O) groups is 3. The van der Waals surface area contributed by atoms with Crippen molar-refractivity contribution in [3.63, 3.8) is 0 Å². The van der Waals surface area contributed by atoms with Gasteiger partial charge in [-0.15, -0.1) is 0 Å². The Morgan fingerprint density at radius 1 is 0.971 bits per heavy atom. The predicted molar refractivity (Wildman–Crippen MR) is 130 cm³/mol. The fraction of sp³-hybridized carbons (Fsp3) is 0.200. The number of pyridine rings is 1. The summed E-state index contributed by atoms with van der Waals surface area (Å²) in [5, 5.41) is 5.19. The molecule has 3 N–H and O–H groups in total. The van der Waals surface area contributed by atoms with Gasteiger partial charge in [0.15, 0.2) is 0 Å². The van der Waals surface area contributed by atoms with Crippen molar-refractivity contribution < 1.29 is 22.8 Å². The van der Waals surface area contributed by atoms with E-state index in [2.05, 4.69) is 20.3 Å².